The van der Waals surface area contributed by atoms with Crippen molar-refractivity contribution in [3.05, 3.63) is 89.4 Å². The maximum atomic E-state index is 12.3. The van der Waals surface area contributed by atoms with Crippen LogP contribution in [0.1, 0.15) is 5.56 Å². The van der Waals surface area contributed by atoms with Crippen LogP contribution in [-0.2, 0) is 4.79 Å². The summed E-state index contributed by atoms with van der Waals surface area (Å²) >= 11 is 7.24. The van der Waals surface area contributed by atoms with Gasteiger partial charge in [-0.05, 0) is 54.1 Å². The number of para-hydroxylation sites is 1. The molecule has 1 heterocycles. The smallest absolute Gasteiger partial charge is 0.250 e. The molecule has 0 bridgehead atoms. The first-order valence-corrected chi connectivity index (χ1v) is 11.4. The number of ether oxygens (including phenoxy) is 1. The number of nitrogens with one attached hydrogen (secondary N) is 1. The second-order valence-electron chi connectivity index (χ2n) is 6.84. The Bertz CT molecular complexity index is 1260. The lowest BCUT2D eigenvalue weighted by atomic mass is 10.2. The standard InChI is InChI=1S/C24H20ClN5O2S/c1-32-21-12-10-18(11-13-21)23-28-29-24(30(23)20-8-3-2-4-9-20)33-16-22(31)27-26-15-17-6-5-7-19(25)14-17/h2-15H,16H2,1H3,(H,27,31)/b26-15+. The summed E-state index contributed by atoms with van der Waals surface area (Å²) in [6.45, 7) is 0. The van der Waals surface area contributed by atoms with Crippen LogP contribution in [0, 0.1) is 0 Å². The second kappa shape index (κ2) is 10.8. The van der Waals surface area contributed by atoms with E-state index in [2.05, 4.69) is 20.7 Å². The Hall–Kier alpha value is -3.62. The number of benzene rings is 3. The van der Waals surface area contributed by atoms with Gasteiger partial charge in [0.25, 0.3) is 5.91 Å². The normalized spacial score (nSPS) is 11.0. The van der Waals surface area contributed by atoms with Gasteiger partial charge in [0, 0.05) is 16.3 Å². The summed E-state index contributed by atoms with van der Waals surface area (Å²) in [6.07, 6.45) is 1.54. The molecule has 0 aliphatic rings. The molecule has 0 aliphatic carbocycles. The second-order valence-corrected chi connectivity index (χ2v) is 8.22. The highest BCUT2D eigenvalue weighted by atomic mass is 35.5. The number of methoxy groups -OCH3 is 1. The van der Waals surface area contributed by atoms with Gasteiger partial charge >= 0.3 is 0 Å². The number of halogens is 1. The summed E-state index contributed by atoms with van der Waals surface area (Å²) in [5.74, 6) is 1.30. The van der Waals surface area contributed by atoms with Gasteiger partial charge in [0.1, 0.15) is 5.75 Å². The van der Waals surface area contributed by atoms with Crippen LogP contribution >= 0.6 is 23.4 Å². The maximum absolute atomic E-state index is 12.3. The Morgan fingerprint density at radius 1 is 1.09 bits per heavy atom. The SMILES string of the molecule is COc1ccc(-c2nnc(SCC(=O)N/N=C/c3cccc(Cl)c3)n2-c2ccccc2)cc1. The molecule has 0 unspecified atom stereocenters. The molecule has 0 atom stereocenters. The topological polar surface area (TPSA) is 81.4 Å². The quantitative estimate of drug-likeness (QED) is 0.223. The van der Waals surface area contributed by atoms with Crippen molar-refractivity contribution < 1.29 is 9.53 Å². The monoisotopic (exact) mass is 477 g/mol. The van der Waals surface area contributed by atoms with Crippen LogP contribution in [0.15, 0.2) is 89.1 Å². The average molecular weight is 478 g/mol. The lowest BCUT2D eigenvalue weighted by molar-refractivity contribution is -0.118. The van der Waals surface area contributed by atoms with Crippen LogP contribution in [0.5, 0.6) is 5.75 Å². The molecular formula is C24H20ClN5O2S. The molecular weight excluding hydrogens is 458 g/mol. The highest BCUT2D eigenvalue weighted by Gasteiger charge is 2.17. The fourth-order valence-corrected chi connectivity index (χ4v) is 3.97. The fourth-order valence-electron chi connectivity index (χ4n) is 3.03. The van der Waals surface area contributed by atoms with E-state index in [1.54, 1.807) is 25.5 Å². The Morgan fingerprint density at radius 3 is 2.61 bits per heavy atom. The van der Waals surface area contributed by atoms with E-state index >= 15 is 0 Å². The van der Waals surface area contributed by atoms with Gasteiger partial charge in [0.2, 0.25) is 0 Å². The van der Waals surface area contributed by atoms with E-state index in [1.165, 1.54) is 11.8 Å². The lowest BCUT2D eigenvalue weighted by Crippen LogP contribution is -2.20. The molecule has 166 valence electrons. The number of carbonyl (C=O) groups excluding carboxylic acids is 1. The molecule has 0 saturated carbocycles. The minimum Gasteiger partial charge on any atom is -0.497 e. The summed E-state index contributed by atoms with van der Waals surface area (Å²) in [7, 11) is 1.63. The van der Waals surface area contributed by atoms with Crippen molar-refractivity contribution in [3.8, 4) is 22.8 Å². The fraction of sp³-hybridized carbons (Fsp3) is 0.0833. The van der Waals surface area contributed by atoms with Crippen LogP contribution < -0.4 is 10.2 Å². The summed E-state index contributed by atoms with van der Waals surface area (Å²) in [6, 6.07) is 24.6. The van der Waals surface area contributed by atoms with Gasteiger partial charge in [0.15, 0.2) is 11.0 Å². The largest absolute Gasteiger partial charge is 0.497 e. The van der Waals surface area contributed by atoms with Crippen molar-refractivity contribution in [2.75, 3.05) is 12.9 Å². The third-order valence-electron chi connectivity index (χ3n) is 4.58. The number of rotatable bonds is 8. The Labute approximate surface area is 200 Å². The van der Waals surface area contributed by atoms with E-state index in [0.717, 1.165) is 22.6 Å². The first kappa shape index (κ1) is 22.6. The van der Waals surface area contributed by atoms with E-state index in [1.807, 2.05) is 71.3 Å². The number of amides is 1. The van der Waals surface area contributed by atoms with E-state index in [-0.39, 0.29) is 11.7 Å². The van der Waals surface area contributed by atoms with E-state index < -0.39 is 0 Å². The van der Waals surface area contributed by atoms with Crippen molar-refractivity contribution in [2.45, 2.75) is 5.16 Å². The molecule has 1 aromatic heterocycles. The van der Waals surface area contributed by atoms with Gasteiger partial charge in [0.05, 0.1) is 19.1 Å². The summed E-state index contributed by atoms with van der Waals surface area (Å²) in [5.41, 5.74) is 5.10. The predicted molar refractivity (Wildman–Crippen MR) is 131 cm³/mol. The molecule has 4 aromatic rings. The number of aromatic nitrogens is 3. The van der Waals surface area contributed by atoms with Gasteiger partial charge in [-0.15, -0.1) is 10.2 Å². The molecule has 0 radical (unpaired) electrons. The highest BCUT2D eigenvalue weighted by molar-refractivity contribution is 7.99. The summed E-state index contributed by atoms with van der Waals surface area (Å²) in [4.78, 5) is 12.3. The zero-order chi connectivity index (χ0) is 23.0. The van der Waals surface area contributed by atoms with E-state index in [0.29, 0.717) is 16.0 Å². The summed E-state index contributed by atoms with van der Waals surface area (Å²) < 4.78 is 7.17. The predicted octanol–water partition coefficient (Wildman–Crippen LogP) is 4.84. The minimum atomic E-state index is -0.258. The molecule has 0 fully saturated rings. The van der Waals surface area contributed by atoms with Crippen molar-refractivity contribution in [2.24, 2.45) is 5.10 Å². The number of hydrogen-bond acceptors (Lipinski definition) is 6. The van der Waals surface area contributed by atoms with Crippen molar-refractivity contribution in [3.63, 3.8) is 0 Å². The molecule has 0 spiro atoms. The maximum Gasteiger partial charge on any atom is 0.250 e. The molecule has 1 amide bonds. The molecule has 7 nitrogen and oxygen atoms in total. The molecule has 4 rings (SSSR count). The first-order valence-electron chi connectivity index (χ1n) is 9.99. The van der Waals surface area contributed by atoms with Gasteiger partial charge in [-0.25, -0.2) is 5.43 Å². The van der Waals surface area contributed by atoms with Crippen molar-refractivity contribution in [1.29, 1.82) is 0 Å². The lowest BCUT2D eigenvalue weighted by Gasteiger charge is -2.10. The minimum absolute atomic E-state index is 0.125. The Morgan fingerprint density at radius 2 is 1.88 bits per heavy atom. The average Bonchev–Trinajstić information content (AvgIpc) is 3.27. The highest BCUT2D eigenvalue weighted by Crippen LogP contribution is 2.28. The van der Waals surface area contributed by atoms with Crippen LogP contribution in [0.4, 0.5) is 0 Å². The number of carbonyl (C=O) groups is 1. The van der Waals surface area contributed by atoms with Crippen LogP contribution in [0.2, 0.25) is 5.02 Å². The van der Waals surface area contributed by atoms with Crippen molar-refractivity contribution in [1.82, 2.24) is 20.2 Å². The molecule has 9 heteroatoms. The molecule has 3 aromatic carbocycles. The number of hydrazone groups is 1. The Balaban J connectivity index is 1.50. The number of hydrogen-bond donors (Lipinski definition) is 1. The third-order valence-corrected chi connectivity index (χ3v) is 5.74. The number of thioether (sulfide) groups is 1. The van der Waals surface area contributed by atoms with Gasteiger partial charge in [-0.3, -0.25) is 9.36 Å². The molecule has 0 saturated heterocycles. The van der Waals surface area contributed by atoms with Gasteiger partial charge in [-0.1, -0.05) is 53.7 Å². The molecule has 33 heavy (non-hydrogen) atoms. The van der Waals surface area contributed by atoms with Gasteiger partial charge < -0.3 is 4.74 Å². The van der Waals surface area contributed by atoms with Crippen molar-refractivity contribution >= 4 is 35.5 Å². The molecule has 1 N–H and O–H groups in total. The van der Waals surface area contributed by atoms with Gasteiger partial charge in [-0.2, -0.15) is 5.10 Å². The Kier molecular flexibility index (Phi) is 7.39. The van der Waals surface area contributed by atoms with E-state index in [9.17, 15) is 4.79 Å². The molecule has 0 aliphatic heterocycles. The van der Waals surface area contributed by atoms with Crippen LogP contribution in [0.3, 0.4) is 0 Å². The van der Waals surface area contributed by atoms with E-state index in [4.69, 9.17) is 16.3 Å². The van der Waals surface area contributed by atoms with Crippen LogP contribution in [-0.4, -0.2) is 39.7 Å². The first-order chi connectivity index (χ1) is 16.1. The number of nitrogens with zero attached hydrogens (tertiary/aromatic N) is 4. The zero-order valence-corrected chi connectivity index (χ0v) is 19.3. The zero-order valence-electron chi connectivity index (χ0n) is 17.7. The third kappa shape index (κ3) is 5.79. The van der Waals surface area contributed by atoms with Crippen LogP contribution in [0.25, 0.3) is 17.1 Å². The summed E-state index contributed by atoms with van der Waals surface area (Å²) in [5, 5.41) is 13.9.